The number of benzene rings is 2. The van der Waals surface area contributed by atoms with E-state index in [1.807, 2.05) is 30.3 Å². The zero-order valence-corrected chi connectivity index (χ0v) is 10.8. The van der Waals surface area contributed by atoms with Gasteiger partial charge in [-0.3, -0.25) is 4.79 Å². The first-order valence-corrected chi connectivity index (χ1v) is 6.38. The monoisotopic (exact) mass is 252 g/mol. The number of fused-ring (bicyclic) bond motifs is 1. The number of nitrogens with one attached hydrogen (secondary N) is 1. The van der Waals surface area contributed by atoms with Gasteiger partial charge in [-0.2, -0.15) is 0 Å². The summed E-state index contributed by atoms with van der Waals surface area (Å²) in [4.78, 5) is 11.4. The van der Waals surface area contributed by atoms with Crippen LogP contribution in [0, 0.1) is 6.92 Å². The molecule has 2 aromatic rings. The second-order valence-electron chi connectivity index (χ2n) is 5.03. The van der Waals surface area contributed by atoms with Crippen molar-refractivity contribution in [1.82, 2.24) is 0 Å². The van der Waals surface area contributed by atoms with E-state index in [9.17, 15) is 4.79 Å². The van der Waals surface area contributed by atoms with Gasteiger partial charge in [-0.05, 0) is 29.7 Å². The molecule has 1 atom stereocenters. The highest BCUT2D eigenvalue weighted by Crippen LogP contribution is 2.28. The number of anilines is 1. The fraction of sp³-hybridized carbons (Fsp3) is 0.188. The third-order valence-corrected chi connectivity index (χ3v) is 3.51. The first kappa shape index (κ1) is 11.9. The van der Waals surface area contributed by atoms with Crippen LogP contribution in [0.2, 0.25) is 0 Å². The summed E-state index contributed by atoms with van der Waals surface area (Å²) < 4.78 is 0. The van der Waals surface area contributed by atoms with Gasteiger partial charge in [0.25, 0.3) is 0 Å². The zero-order chi connectivity index (χ0) is 13.4. The molecule has 1 aliphatic heterocycles. The lowest BCUT2D eigenvalue weighted by Gasteiger charge is -2.14. The number of amides is 1. The van der Waals surface area contributed by atoms with E-state index in [1.165, 1.54) is 5.56 Å². The predicted molar refractivity (Wildman–Crippen MR) is 76.0 cm³/mol. The van der Waals surface area contributed by atoms with Crippen molar-refractivity contribution >= 4 is 11.6 Å². The quantitative estimate of drug-likeness (QED) is 0.863. The van der Waals surface area contributed by atoms with Crippen LogP contribution in [0.1, 0.15) is 28.3 Å². The van der Waals surface area contributed by atoms with E-state index in [4.69, 9.17) is 5.73 Å². The molecule has 0 saturated carbocycles. The van der Waals surface area contributed by atoms with Crippen LogP contribution >= 0.6 is 0 Å². The minimum absolute atomic E-state index is 0.0521. The molecule has 19 heavy (non-hydrogen) atoms. The minimum Gasteiger partial charge on any atom is -0.326 e. The predicted octanol–water partition coefficient (Wildman–Crippen LogP) is 2.54. The maximum Gasteiger partial charge on any atom is 0.228 e. The van der Waals surface area contributed by atoms with Crippen molar-refractivity contribution < 1.29 is 4.79 Å². The molecule has 2 aromatic carbocycles. The van der Waals surface area contributed by atoms with Crippen molar-refractivity contribution in [3.63, 3.8) is 0 Å². The summed E-state index contributed by atoms with van der Waals surface area (Å²) in [6.07, 6.45) is 0.448. The van der Waals surface area contributed by atoms with Gasteiger partial charge >= 0.3 is 0 Å². The molecule has 96 valence electrons. The molecule has 1 aliphatic rings. The van der Waals surface area contributed by atoms with Crippen LogP contribution in [0.25, 0.3) is 0 Å². The van der Waals surface area contributed by atoms with Crippen molar-refractivity contribution in [3.05, 3.63) is 64.7 Å². The number of carbonyl (C=O) groups excluding carboxylic acids is 1. The summed E-state index contributed by atoms with van der Waals surface area (Å²) in [5, 5.41) is 2.83. The summed E-state index contributed by atoms with van der Waals surface area (Å²) in [7, 11) is 0. The van der Waals surface area contributed by atoms with Crippen molar-refractivity contribution in [3.8, 4) is 0 Å². The van der Waals surface area contributed by atoms with Crippen molar-refractivity contribution in [2.75, 3.05) is 5.32 Å². The SMILES string of the molecule is Cc1cccc(C(N)c2ccc3c(c2)CC(=O)N3)c1. The van der Waals surface area contributed by atoms with Gasteiger partial charge in [0.05, 0.1) is 12.5 Å². The van der Waals surface area contributed by atoms with E-state index in [0.717, 1.165) is 22.4 Å². The fourth-order valence-corrected chi connectivity index (χ4v) is 2.50. The normalized spacial score (nSPS) is 14.9. The Morgan fingerprint density at radius 2 is 1.95 bits per heavy atom. The second-order valence-corrected chi connectivity index (χ2v) is 5.03. The first-order valence-electron chi connectivity index (χ1n) is 6.38. The van der Waals surface area contributed by atoms with E-state index in [0.29, 0.717) is 6.42 Å². The lowest BCUT2D eigenvalue weighted by Crippen LogP contribution is -2.12. The average Bonchev–Trinajstić information content (AvgIpc) is 2.76. The summed E-state index contributed by atoms with van der Waals surface area (Å²) in [6.45, 7) is 2.06. The van der Waals surface area contributed by atoms with Crippen LogP contribution in [-0.4, -0.2) is 5.91 Å². The molecule has 3 N–H and O–H groups in total. The van der Waals surface area contributed by atoms with E-state index in [1.54, 1.807) is 0 Å². The number of carbonyl (C=O) groups is 1. The number of hydrogen-bond acceptors (Lipinski definition) is 2. The van der Waals surface area contributed by atoms with Gasteiger partial charge in [0, 0.05) is 5.69 Å². The van der Waals surface area contributed by atoms with E-state index < -0.39 is 0 Å². The average molecular weight is 252 g/mol. The minimum atomic E-state index is -0.152. The van der Waals surface area contributed by atoms with Gasteiger partial charge in [-0.15, -0.1) is 0 Å². The van der Waals surface area contributed by atoms with Crippen molar-refractivity contribution in [2.45, 2.75) is 19.4 Å². The van der Waals surface area contributed by atoms with Gasteiger partial charge in [-0.25, -0.2) is 0 Å². The molecule has 3 nitrogen and oxygen atoms in total. The van der Waals surface area contributed by atoms with E-state index in [-0.39, 0.29) is 11.9 Å². The molecule has 3 heteroatoms. The van der Waals surface area contributed by atoms with Crippen LogP contribution in [0.15, 0.2) is 42.5 Å². The van der Waals surface area contributed by atoms with Crippen molar-refractivity contribution in [1.29, 1.82) is 0 Å². The Morgan fingerprint density at radius 1 is 1.16 bits per heavy atom. The highest BCUT2D eigenvalue weighted by atomic mass is 16.1. The van der Waals surface area contributed by atoms with Gasteiger partial charge in [0.15, 0.2) is 0 Å². The standard InChI is InChI=1S/C16H16N2O/c1-10-3-2-4-11(7-10)16(17)12-5-6-14-13(8-12)9-15(19)18-14/h2-8,16H,9,17H2,1H3,(H,18,19). The molecule has 0 spiro atoms. The number of nitrogens with two attached hydrogens (primary N) is 1. The fourth-order valence-electron chi connectivity index (χ4n) is 2.50. The Labute approximate surface area is 112 Å². The number of aryl methyl sites for hydroxylation is 1. The van der Waals surface area contributed by atoms with E-state index >= 15 is 0 Å². The zero-order valence-electron chi connectivity index (χ0n) is 10.8. The number of rotatable bonds is 2. The molecule has 0 aliphatic carbocycles. The lowest BCUT2D eigenvalue weighted by atomic mass is 9.96. The van der Waals surface area contributed by atoms with Gasteiger partial charge in [0.1, 0.15) is 0 Å². The molecule has 0 saturated heterocycles. The molecule has 0 fully saturated rings. The number of hydrogen-bond donors (Lipinski definition) is 2. The Kier molecular flexibility index (Phi) is 2.84. The maximum atomic E-state index is 11.4. The smallest absolute Gasteiger partial charge is 0.228 e. The summed E-state index contributed by atoms with van der Waals surface area (Å²) in [6, 6.07) is 14.0. The van der Waals surface area contributed by atoms with Crippen LogP contribution in [-0.2, 0) is 11.2 Å². The molecule has 0 bridgehead atoms. The molecule has 0 aromatic heterocycles. The van der Waals surface area contributed by atoms with Crippen LogP contribution in [0.5, 0.6) is 0 Å². The van der Waals surface area contributed by atoms with Gasteiger partial charge in [-0.1, -0.05) is 42.0 Å². The first-order chi connectivity index (χ1) is 9.13. The molecule has 0 radical (unpaired) electrons. The Balaban J connectivity index is 1.95. The van der Waals surface area contributed by atoms with Crippen molar-refractivity contribution in [2.24, 2.45) is 5.73 Å². The lowest BCUT2D eigenvalue weighted by molar-refractivity contribution is -0.115. The Morgan fingerprint density at radius 3 is 2.74 bits per heavy atom. The van der Waals surface area contributed by atoms with Gasteiger partial charge < -0.3 is 11.1 Å². The molecule has 3 rings (SSSR count). The summed E-state index contributed by atoms with van der Waals surface area (Å²) in [5.41, 5.74) is 11.6. The summed E-state index contributed by atoms with van der Waals surface area (Å²) in [5.74, 6) is 0.0521. The third-order valence-electron chi connectivity index (χ3n) is 3.51. The largest absolute Gasteiger partial charge is 0.326 e. The topological polar surface area (TPSA) is 55.1 Å². The second kappa shape index (κ2) is 4.52. The Bertz CT molecular complexity index is 649. The van der Waals surface area contributed by atoms with Gasteiger partial charge in [0.2, 0.25) is 5.91 Å². The van der Waals surface area contributed by atoms with Crippen LogP contribution in [0.3, 0.4) is 0 Å². The molecule has 1 amide bonds. The molecule has 1 unspecified atom stereocenters. The Hall–Kier alpha value is -2.13. The van der Waals surface area contributed by atoms with Crippen LogP contribution in [0.4, 0.5) is 5.69 Å². The highest BCUT2D eigenvalue weighted by Gasteiger charge is 2.19. The molecular formula is C16H16N2O. The van der Waals surface area contributed by atoms with E-state index in [2.05, 4.69) is 24.4 Å². The highest BCUT2D eigenvalue weighted by molar-refractivity contribution is 5.99. The maximum absolute atomic E-state index is 11.4. The van der Waals surface area contributed by atoms with Crippen LogP contribution < -0.4 is 11.1 Å². The molecular weight excluding hydrogens is 236 g/mol. The molecule has 1 heterocycles. The summed E-state index contributed by atoms with van der Waals surface area (Å²) >= 11 is 0. The third kappa shape index (κ3) is 2.25.